The maximum atomic E-state index is 12.9. The van der Waals surface area contributed by atoms with Crippen molar-refractivity contribution in [1.29, 1.82) is 0 Å². The maximum absolute atomic E-state index is 12.9. The molecule has 0 saturated carbocycles. The van der Waals surface area contributed by atoms with E-state index in [1.54, 1.807) is 0 Å². The van der Waals surface area contributed by atoms with Gasteiger partial charge >= 0.3 is 0 Å². The first-order valence-corrected chi connectivity index (χ1v) is 13.8. The number of aliphatic hydroxyl groups is 2. The molecule has 2 aliphatic heterocycles. The lowest BCUT2D eigenvalue weighted by atomic mass is 10.1. The number of hydrogen-bond acceptors (Lipinski definition) is 14. The zero-order chi connectivity index (χ0) is 29.1. The fraction of sp³-hybridized carbons (Fsp3) is 0.500. The molecule has 6 heterocycles. The number of hydrogen-bond donors (Lipinski definition) is 8. The van der Waals surface area contributed by atoms with E-state index in [1.807, 2.05) is 0 Å². The largest absolute Gasteiger partial charge is 0.394 e. The van der Waals surface area contributed by atoms with Gasteiger partial charge in [0.2, 0.25) is 11.9 Å². The number of anilines is 2. The maximum Gasteiger partial charge on any atom is 0.280 e. The van der Waals surface area contributed by atoms with Crippen LogP contribution >= 0.6 is 0 Å². The zero-order valence-electron chi connectivity index (χ0n) is 21.0. The van der Waals surface area contributed by atoms with Crippen molar-refractivity contribution in [3.63, 3.8) is 0 Å². The summed E-state index contributed by atoms with van der Waals surface area (Å²) in [5.74, 6) is -0.246. The normalized spacial score (nSPS) is 26.9. The van der Waals surface area contributed by atoms with E-state index in [4.69, 9.17) is 20.9 Å². The quantitative estimate of drug-likeness (QED) is 0.0968. The van der Waals surface area contributed by atoms with Crippen molar-refractivity contribution in [3.8, 4) is 0 Å². The van der Waals surface area contributed by atoms with E-state index in [0.29, 0.717) is 0 Å². The number of nitrogen functional groups attached to an aromatic ring is 2. The van der Waals surface area contributed by atoms with Gasteiger partial charge in [0.05, 0.1) is 43.6 Å². The summed E-state index contributed by atoms with van der Waals surface area (Å²) in [5.41, 5.74) is 10.6. The number of imidazole rings is 2. The van der Waals surface area contributed by atoms with Gasteiger partial charge in [-0.1, -0.05) is 0 Å². The average Bonchev–Trinajstić information content (AvgIpc) is 3.67. The van der Waals surface area contributed by atoms with Gasteiger partial charge in [-0.05, 0) is 0 Å². The molecule has 10 N–H and O–H groups in total. The Balaban J connectivity index is 1.11. The third kappa shape index (κ3) is 5.03. The van der Waals surface area contributed by atoms with Crippen LogP contribution < -0.4 is 32.0 Å². The fourth-order valence-corrected chi connectivity index (χ4v) is 6.12. The van der Waals surface area contributed by atoms with E-state index < -0.39 is 64.7 Å². The third-order valence-electron chi connectivity index (χ3n) is 6.92. The van der Waals surface area contributed by atoms with Crippen LogP contribution in [0.3, 0.4) is 0 Å². The van der Waals surface area contributed by atoms with Crippen LogP contribution in [0.4, 0.5) is 11.9 Å². The molecule has 41 heavy (non-hydrogen) atoms. The summed E-state index contributed by atoms with van der Waals surface area (Å²) in [6, 6.07) is -0.867. The van der Waals surface area contributed by atoms with Gasteiger partial charge in [-0.15, -0.1) is 0 Å². The van der Waals surface area contributed by atoms with Gasteiger partial charge in [-0.2, -0.15) is 27.8 Å². The lowest BCUT2D eigenvalue weighted by molar-refractivity contribution is -0.0242. The predicted octanol–water partition coefficient (Wildman–Crippen LogP) is -3.86. The van der Waals surface area contributed by atoms with Gasteiger partial charge in [0.1, 0.15) is 12.5 Å². The Bertz CT molecular complexity index is 1830. The fourth-order valence-electron chi connectivity index (χ4n) is 5.00. The van der Waals surface area contributed by atoms with Crippen LogP contribution in [0.2, 0.25) is 0 Å². The standard InChI is InChI=1S/C20H26N12O8S/c21-19-26-15-13(17(35)28-19)23-5-31(15)11-1-7(10(4-33)40-11)30-41(37,38)25-3-9-8(34)2-12(39-9)32-6-24-14-16(32)27-20(22)29-18(14)36/h5-12,25,30,33-34H,1-4H2,(H3,21,26,28,35)(H3,22,27,29,36)/t7-,8-,9+,10+,11+,12+/m0/s1. The van der Waals surface area contributed by atoms with Crippen LogP contribution in [0.15, 0.2) is 22.2 Å². The van der Waals surface area contributed by atoms with E-state index in [9.17, 15) is 28.2 Å². The molecule has 0 aliphatic carbocycles. The molecule has 6 atom stereocenters. The Morgan fingerprint density at radius 3 is 2.05 bits per heavy atom. The van der Waals surface area contributed by atoms with E-state index in [-0.39, 0.29) is 53.6 Å². The van der Waals surface area contributed by atoms with Gasteiger partial charge in [-0.25, -0.2) is 9.97 Å². The highest BCUT2D eigenvalue weighted by atomic mass is 32.2. The Hall–Kier alpha value is -3.99. The molecule has 0 bridgehead atoms. The minimum absolute atomic E-state index is 0.0252. The van der Waals surface area contributed by atoms with E-state index in [0.717, 1.165) is 0 Å². The Morgan fingerprint density at radius 2 is 1.49 bits per heavy atom. The summed E-state index contributed by atoms with van der Waals surface area (Å²) >= 11 is 0. The monoisotopic (exact) mass is 594 g/mol. The van der Waals surface area contributed by atoms with Crippen molar-refractivity contribution in [3.05, 3.63) is 33.4 Å². The molecule has 2 aliphatic rings. The molecule has 4 aromatic heterocycles. The molecule has 4 aromatic rings. The Morgan fingerprint density at radius 1 is 0.951 bits per heavy atom. The van der Waals surface area contributed by atoms with E-state index >= 15 is 0 Å². The second kappa shape index (κ2) is 10.1. The molecule has 6 rings (SSSR count). The number of H-pyrrole nitrogens is 2. The number of ether oxygens (including phenoxy) is 2. The number of aromatic nitrogens is 8. The van der Waals surface area contributed by atoms with Crippen molar-refractivity contribution >= 4 is 44.4 Å². The second-order valence-corrected chi connectivity index (χ2v) is 11.1. The summed E-state index contributed by atoms with van der Waals surface area (Å²) < 4.78 is 45.1. The summed E-state index contributed by atoms with van der Waals surface area (Å²) in [5, 5.41) is 20.4. The molecule has 0 radical (unpaired) electrons. The number of fused-ring (bicyclic) bond motifs is 2. The van der Waals surface area contributed by atoms with Crippen molar-refractivity contribution in [2.24, 2.45) is 0 Å². The molecule has 0 spiro atoms. The number of nitrogens with two attached hydrogens (primary N) is 2. The Labute approximate surface area is 228 Å². The zero-order valence-corrected chi connectivity index (χ0v) is 21.9. The van der Waals surface area contributed by atoms with Crippen molar-refractivity contribution in [2.75, 3.05) is 24.6 Å². The van der Waals surface area contributed by atoms with Crippen LogP contribution in [0.5, 0.6) is 0 Å². The first kappa shape index (κ1) is 27.2. The topological polar surface area (TPSA) is 296 Å². The van der Waals surface area contributed by atoms with Gasteiger partial charge in [0.15, 0.2) is 22.3 Å². The van der Waals surface area contributed by atoms with Gasteiger partial charge in [0, 0.05) is 19.4 Å². The molecule has 21 heteroatoms. The third-order valence-corrected chi connectivity index (χ3v) is 8.08. The smallest absolute Gasteiger partial charge is 0.280 e. The Kier molecular flexibility index (Phi) is 6.72. The summed E-state index contributed by atoms with van der Waals surface area (Å²) in [7, 11) is -4.18. The average molecular weight is 595 g/mol. The van der Waals surface area contributed by atoms with Crippen LogP contribution in [-0.4, -0.2) is 95.2 Å². The molecular formula is C20H26N12O8S. The summed E-state index contributed by atoms with van der Waals surface area (Å²) in [6.45, 7) is -0.798. The number of nitrogens with one attached hydrogen (secondary N) is 4. The molecule has 2 fully saturated rings. The number of rotatable bonds is 8. The predicted molar refractivity (Wildman–Crippen MR) is 139 cm³/mol. The lowest BCUT2D eigenvalue weighted by Crippen LogP contribution is -2.49. The second-order valence-electron chi connectivity index (χ2n) is 9.61. The lowest BCUT2D eigenvalue weighted by Gasteiger charge is -2.20. The van der Waals surface area contributed by atoms with Crippen LogP contribution in [0.25, 0.3) is 22.3 Å². The highest BCUT2D eigenvalue weighted by Gasteiger charge is 2.40. The van der Waals surface area contributed by atoms with Crippen molar-refractivity contribution in [1.82, 2.24) is 48.5 Å². The highest BCUT2D eigenvalue weighted by molar-refractivity contribution is 7.87. The molecule has 20 nitrogen and oxygen atoms in total. The van der Waals surface area contributed by atoms with E-state index in [2.05, 4.69) is 39.3 Å². The number of aromatic amines is 2. The molecular weight excluding hydrogens is 568 g/mol. The van der Waals surface area contributed by atoms with Crippen molar-refractivity contribution < 1.29 is 28.1 Å². The van der Waals surface area contributed by atoms with Crippen LogP contribution in [0, 0.1) is 0 Å². The molecule has 0 aromatic carbocycles. The molecule has 2 saturated heterocycles. The molecule has 0 unspecified atom stereocenters. The van der Waals surface area contributed by atoms with Crippen molar-refractivity contribution in [2.45, 2.75) is 49.7 Å². The van der Waals surface area contributed by atoms with Crippen LogP contribution in [-0.2, 0) is 19.7 Å². The van der Waals surface area contributed by atoms with E-state index in [1.165, 1.54) is 21.8 Å². The first-order chi connectivity index (χ1) is 19.5. The molecule has 220 valence electrons. The minimum Gasteiger partial charge on any atom is -0.394 e. The number of nitrogens with zero attached hydrogens (tertiary/aromatic N) is 6. The van der Waals surface area contributed by atoms with Gasteiger partial charge < -0.3 is 31.2 Å². The minimum atomic E-state index is -4.18. The first-order valence-electron chi connectivity index (χ1n) is 12.3. The molecule has 0 amide bonds. The highest BCUT2D eigenvalue weighted by Crippen LogP contribution is 2.32. The summed E-state index contributed by atoms with van der Waals surface area (Å²) in [6.07, 6.45) is -1.73. The van der Waals surface area contributed by atoms with Gasteiger partial charge in [-0.3, -0.25) is 28.7 Å². The van der Waals surface area contributed by atoms with Gasteiger partial charge in [0.25, 0.3) is 21.3 Å². The number of aliphatic hydroxyl groups excluding tert-OH is 2. The van der Waals surface area contributed by atoms with Crippen LogP contribution in [0.1, 0.15) is 25.3 Å². The summed E-state index contributed by atoms with van der Waals surface area (Å²) in [4.78, 5) is 45.0. The SMILES string of the molecule is Nc1nc2c(ncn2[C@H]2C[C@H](NS(=O)(=O)NC[C@H]3O[C@@H](n4cnc5c(=O)[nH]c(N)nc54)C[C@@H]3O)[C@@H](CO)O2)c(=O)[nH]1.